The Hall–Kier alpha value is -1.05. The van der Waals surface area contributed by atoms with Crippen molar-refractivity contribution in [1.82, 2.24) is 19.4 Å². The fourth-order valence-corrected chi connectivity index (χ4v) is 7.58. The van der Waals surface area contributed by atoms with Crippen molar-refractivity contribution in [1.29, 1.82) is 5.41 Å². The molecule has 3 fully saturated rings. The van der Waals surface area contributed by atoms with Crippen molar-refractivity contribution in [2.45, 2.75) is 87.9 Å². The summed E-state index contributed by atoms with van der Waals surface area (Å²) in [7, 11) is 3.82. The van der Waals surface area contributed by atoms with Gasteiger partial charge in [0.2, 0.25) is 11.5 Å². The number of aryl methyl sites for hydroxylation is 1. The molecule has 35 heavy (non-hydrogen) atoms. The lowest BCUT2D eigenvalue weighted by Gasteiger charge is -2.44. The molecule has 1 aliphatic heterocycles. The molecule has 0 bridgehead atoms. The van der Waals surface area contributed by atoms with Crippen LogP contribution in [0.15, 0.2) is 12.4 Å². The van der Waals surface area contributed by atoms with E-state index in [9.17, 15) is 9.18 Å². The van der Waals surface area contributed by atoms with E-state index in [1.165, 1.54) is 0 Å². The molecule has 0 spiro atoms. The quantitative estimate of drug-likeness (QED) is 0.421. The second-order valence-corrected chi connectivity index (χ2v) is 12.6. The Morgan fingerprint density at radius 1 is 1.11 bits per heavy atom. The zero-order valence-electron chi connectivity index (χ0n) is 21.3. The number of carbonyl (C=O) groups excluding carboxylic acids is 1. The minimum atomic E-state index is -0.927. The van der Waals surface area contributed by atoms with Crippen molar-refractivity contribution < 1.29 is 9.18 Å². The zero-order valence-corrected chi connectivity index (χ0v) is 22.8. The van der Waals surface area contributed by atoms with Crippen molar-refractivity contribution >= 4 is 29.1 Å². The average molecular weight is 531 g/mol. The van der Waals surface area contributed by atoms with E-state index in [-0.39, 0.29) is 28.6 Å². The van der Waals surface area contributed by atoms with Gasteiger partial charge >= 0.3 is 0 Å². The summed E-state index contributed by atoms with van der Waals surface area (Å²) >= 11 is 12.7. The van der Waals surface area contributed by atoms with Crippen LogP contribution >= 0.6 is 23.2 Å². The molecule has 9 atom stereocenters. The largest absolute Gasteiger partial charge is 0.345 e. The lowest BCUT2D eigenvalue weighted by atomic mass is 9.66. The van der Waals surface area contributed by atoms with Gasteiger partial charge in [-0.15, -0.1) is 23.2 Å². The number of amides is 1. The molecule has 0 aromatic carbocycles. The van der Waals surface area contributed by atoms with Gasteiger partial charge in [-0.2, -0.15) is 0 Å². The number of piperidine rings is 1. The third kappa shape index (κ3) is 6.45. The summed E-state index contributed by atoms with van der Waals surface area (Å²) < 4.78 is 17.8. The van der Waals surface area contributed by atoms with Crippen LogP contribution in [0.2, 0.25) is 0 Å². The summed E-state index contributed by atoms with van der Waals surface area (Å²) in [5, 5.41) is 11.5. The smallest absolute Gasteiger partial charge is 0.225 e. The van der Waals surface area contributed by atoms with E-state index in [1.807, 2.05) is 40.5 Å². The van der Waals surface area contributed by atoms with E-state index < -0.39 is 6.30 Å². The lowest BCUT2D eigenvalue weighted by molar-refractivity contribution is -0.138. The van der Waals surface area contributed by atoms with E-state index in [0.717, 1.165) is 58.0 Å². The molecule has 1 amide bonds. The SMILES string of the molecule is CC1NC(F)CCC1C1CC(Cn2ccn(C)c2=N)CC(C(=O)N(C)CC2CCC(Cl)C(Cl)C2)C1. The topological polar surface area (TPSA) is 66.0 Å². The van der Waals surface area contributed by atoms with Crippen molar-refractivity contribution in [2.24, 2.45) is 36.6 Å². The van der Waals surface area contributed by atoms with Gasteiger partial charge in [0, 0.05) is 56.9 Å². The molecule has 9 heteroatoms. The van der Waals surface area contributed by atoms with Gasteiger partial charge in [0.05, 0.1) is 5.38 Å². The fourth-order valence-electron chi connectivity index (χ4n) is 6.97. The van der Waals surface area contributed by atoms with Crippen LogP contribution in [0.1, 0.15) is 58.3 Å². The molecule has 1 saturated heterocycles. The molecule has 0 radical (unpaired) electrons. The Bertz CT molecular complexity index is 922. The van der Waals surface area contributed by atoms with Crippen molar-refractivity contribution in [2.75, 3.05) is 13.6 Å². The average Bonchev–Trinajstić information content (AvgIpc) is 3.12. The van der Waals surface area contributed by atoms with E-state index >= 15 is 0 Å². The van der Waals surface area contributed by atoms with Gasteiger partial charge in [-0.05, 0) is 82.0 Å². The molecule has 4 rings (SSSR count). The molecular weight excluding hydrogens is 488 g/mol. The van der Waals surface area contributed by atoms with Crippen molar-refractivity contribution in [3.8, 4) is 0 Å². The van der Waals surface area contributed by atoms with E-state index in [1.54, 1.807) is 0 Å². The molecule has 9 unspecified atom stereocenters. The van der Waals surface area contributed by atoms with Crippen molar-refractivity contribution in [3.05, 3.63) is 18.0 Å². The second-order valence-electron chi connectivity index (χ2n) is 11.5. The number of alkyl halides is 3. The number of carbonyl (C=O) groups is 1. The fraction of sp³-hybridized carbons (Fsp3) is 0.846. The van der Waals surface area contributed by atoms with E-state index in [4.69, 9.17) is 28.6 Å². The van der Waals surface area contributed by atoms with Crippen LogP contribution in [0, 0.1) is 35.0 Å². The van der Waals surface area contributed by atoms with Gasteiger partial charge < -0.3 is 14.0 Å². The number of nitrogens with zero attached hydrogens (tertiary/aromatic N) is 3. The van der Waals surface area contributed by atoms with Gasteiger partial charge in [0.1, 0.15) is 0 Å². The van der Waals surface area contributed by atoms with Crippen LogP contribution in [-0.2, 0) is 18.4 Å². The van der Waals surface area contributed by atoms with E-state index in [0.29, 0.717) is 35.7 Å². The first-order valence-electron chi connectivity index (χ1n) is 13.3. The van der Waals surface area contributed by atoms with Gasteiger partial charge in [0.15, 0.2) is 6.30 Å². The van der Waals surface area contributed by atoms with Gasteiger partial charge in [-0.25, -0.2) is 4.39 Å². The highest BCUT2D eigenvalue weighted by molar-refractivity contribution is 6.30. The Balaban J connectivity index is 1.46. The molecule has 3 aliphatic rings. The monoisotopic (exact) mass is 529 g/mol. The molecule has 198 valence electrons. The Kier molecular flexibility index (Phi) is 8.91. The predicted octanol–water partition coefficient (Wildman–Crippen LogP) is 4.50. The predicted molar refractivity (Wildman–Crippen MR) is 138 cm³/mol. The molecule has 2 aliphatic carbocycles. The summed E-state index contributed by atoms with van der Waals surface area (Å²) in [4.78, 5) is 15.6. The molecular formula is C26H42Cl2FN5O. The lowest BCUT2D eigenvalue weighted by Crippen LogP contribution is -2.49. The number of rotatable bonds is 6. The first-order valence-corrected chi connectivity index (χ1v) is 14.2. The molecule has 2 N–H and O–H groups in total. The summed E-state index contributed by atoms with van der Waals surface area (Å²) in [6.07, 6.45) is 9.86. The highest BCUT2D eigenvalue weighted by Gasteiger charge is 2.41. The maximum atomic E-state index is 14.0. The highest BCUT2D eigenvalue weighted by atomic mass is 35.5. The number of hydrogen-bond acceptors (Lipinski definition) is 3. The first-order chi connectivity index (χ1) is 16.6. The zero-order chi connectivity index (χ0) is 25.3. The van der Waals surface area contributed by atoms with Crippen LogP contribution < -0.4 is 10.9 Å². The molecule has 1 aromatic heterocycles. The number of aromatic nitrogens is 2. The number of imidazole rings is 1. The third-order valence-electron chi connectivity index (χ3n) is 8.88. The maximum Gasteiger partial charge on any atom is 0.225 e. The summed E-state index contributed by atoms with van der Waals surface area (Å²) in [6.45, 7) is 3.57. The molecule has 2 heterocycles. The molecule has 6 nitrogen and oxygen atoms in total. The minimum absolute atomic E-state index is 0.0241. The maximum absolute atomic E-state index is 14.0. The molecule has 2 saturated carbocycles. The van der Waals surface area contributed by atoms with Crippen LogP contribution in [0.5, 0.6) is 0 Å². The van der Waals surface area contributed by atoms with Crippen molar-refractivity contribution in [3.63, 3.8) is 0 Å². The van der Waals surface area contributed by atoms with Gasteiger partial charge in [-0.3, -0.25) is 15.5 Å². The first kappa shape index (κ1) is 27.0. The summed E-state index contributed by atoms with van der Waals surface area (Å²) in [5.74, 6) is 1.66. The Morgan fingerprint density at radius 3 is 2.54 bits per heavy atom. The van der Waals surface area contributed by atoms with Gasteiger partial charge in [-0.1, -0.05) is 0 Å². The Labute approximate surface area is 219 Å². The van der Waals surface area contributed by atoms with E-state index in [2.05, 4.69) is 12.2 Å². The van der Waals surface area contributed by atoms with Gasteiger partial charge in [0.25, 0.3) is 0 Å². The molecule has 1 aromatic rings. The number of halogens is 3. The standard InChI is InChI=1S/C26H42Cl2FN5O/c1-16-21(5-7-24(29)31-16)19-10-18(15-34-9-8-32(2)26(34)30)11-20(13-19)25(35)33(3)14-17-4-6-22(27)23(28)12-17/h8-9,16-24,30-31H,4-7,10-15H2,1-3H3. The number of nitrogens with one attached hydrogen (secondary N) is 2. The third-order valence-corrected chi connectivity index (χ3v) is 10.0. The summed E-state index contributed by atoms with van der Waals surface area (Å²) in [5.41, 5.74) is 0.477. The van der Waals surface area contributed by atoms with Crippen LogP contribution in [0.25, 0.3) is 0 Å². The van der Waals surface area contributed by atoms with Crippen LogP contribution in [0.4, 0.5) is 4.39 Å². The minimum Gasteiger partial charge on any atom is -0.345 e. The van der Waals surface area contributed by atoms with Crippen LogP contribution in [0.3, 0.4) is 0 Å². The number of hydrogen-bond donors (Lipinski definition) is 2. The van der Waals surface area contributed by atoms with Crippen LogP contribution in [-0.4, -0.2) is 56.6 Å². The normalized spacial score (nSPS) is 38.3. The summed E-state index contributed by atoms with van der Waals surface area (Å²) in [6, 6.07) is 0.110. The highest BCUT2D eigenvalue weighted by Crippen LogP contribution is 2.43. The second kappa shape index (κ2) is 11.6. The Morgan fingerprint density at radius 2 is 1.89 bits per heavy atom.